The van der Waals surface area contributed by atoms with E-state index in [0.717, 1.165) is 5.75 Å². The van der Waals surface area contributed by atoms with Crippen LogP contribution in [0.5, 0.6) is 0 Å². The Morgan fingerprint density at radius 3 is 2.50 bits per heavy atom. The quantitative estimate of drug-likeness (QED) is 0.608. The first kappa shape index (κ1) is 9.78. The van der Waals surface area contributed by atoms with E-state index >= 15 is 0 Å². The summed E-state index contributed by atoms with van der Waals surface area (Å²) in [7, 11) is 0. The van der Waals surface area contributed by atoms with E-state index in [-0.39, 0.29) is 0 Å². The van der Waals surface area contributed by atoms with E-state index in [1.54, 1.807) is 18.7 Å². The minimum Gasteiger partial charge on any atom is -0.368 e. The van der Waals surface area contributed by atoms with Crippen LogP contribution in [0.25, 0.3) is 0 Å². The van der Waals surface area contributed by atoms with E-state index in [1.165, 1.54) is 0 Å². The van der Waals surface area contributed by atoms with Gasteiger partial charge in [0.15, 0.2) is 0 Å². The molecule has 3 nitrogen and oxygen atoms in total. The van der Waals surface area contributed by atoms with E-state index < -0.39 is 11.4 Å². The van der Waals surface area contributed by atoms with Crippen LogP contribution in [0.1, 0.15) is 13.3 Å². The monoisotopic (exact) mass is 162 g/mol. The lowest BCUT2D eigenvalue weighted by atomic mass is 10.0. The van der Waals surface area contributed by atoms with Crippen molar-refractivity contribution in [3.8, 4) is 0 Å². The van der Waals surface area contributed by atoms with Gasteiger partial charge in [-0.15, -0.1) is 0 Å². The number of nitrogens with two attached hydrogens (primary N) is 2. The van der Waals surface area contributed by atoms with Gasteiger partial charge in [-0.05, 0) is 25.4 Å². The molecule has 0 fully saturated rings. The number of hydrogen-bond acceptors (Lipinski definition) is 3. The van der Waals surface area contributed by atoms with Crippen molar-refractivity contribution >= 4 is 17.7 Å². The Balaban J connectivity index is 3.75. The second-order valence-electron chi connectivity index (χ2n) is 2.52. The third kappa shape index (κ3) is 3.08. The largest absolute Gasteiger partial charge is 0.368 e. The van der Waals surface area contributed by atoms with E-state index in [2.05, 4.69) is 0 Å². The number of rotatable bonds is 4. The zero-order valence-electron chi connectivity index (χ0n) is 6.39. The summed E-state index contributed by atoms with van der Waals surface area (Å²) >= 11 is 1.66. The van der Waals surface area contributed by atoms with Gasteiger partial charge < -0.3 is 11.5 Å². The predicted octanol–water partition coefficient (Wildman–Crippen LogP) is -0.0578. The van der Waals surface area contributed by atoms with Gasteiger partial charge >= 0.3 is 0 Å². The summed E-state index contributed by atoms with van der Waals surface area (Å²) in [4.78, 5) is 10.6. The molecule has 0 aliphatic carbocycles. The molecule has 60 valence electrons. The van der Waals surface area contributed by atoms with Crippen molar-refractivity contribution in [2.75, 3.05) is 12.0 Å². The zero-order valence-corrected chi connectivity index (χ0v) is 7.20. The molecule has 0 aromatic heterocycles. The highest BCUT2D eigenvalue weighted by atomic mass is 32.2. The van der Waals surface area contributed by atoms with Crippen molar-refractivity contribution in [3.05, 3.63) is 0 Å². The number of carbonyl (C=O) groups excluding carboxylic acids is 1. The Morgan fingerprint density at radius 2 is 2.20 bits per heavy atom. The number of carbonyl (C=O) groups is 1. The van der Waals surface area contributed by atoms with Crippen molar-refractivity contribution in [2.45, 2.75) is 18.9 Å². The lowest BCUT2D eigenvalue weighted by molar-refractivity contribution is -0.122. The number of primary amides is 1. The Bertz CT molecular complexity index is 125. The molecule has 10 heavy (non-hydrogen) atoms. The molecule has 0 aromatic rings. The van der Waals surface area contributed by atoms with Crippen molar-refractivity contribution in [3.63, 3.8) is 0 Å². The Morgan fingerprint density at radius 1 is 1.70 bits per heavy atom. The lowest BCUT2D eigenvalue weighted by Gasteiger charge is -2.18. The Hall–Kier alpha value is -0.220. The minimum atomic E-state index is -0.830. The van der Waals surface area contributed by atoms with Gasteiger partial charge in [0.1, 0.15) is 0 Å². The standard InChI is InChI=1S/C6H14N2OS/c1-6(8,5(7)9)3-4-10-2/h3-4,8H2,1-2H3,(H2,7,9)/t6-/m0/s1. The second-order valence-corrected chi connectivity index (χ2v) is 3.51. The lowest BCUT2D eigenvalue weighted by Crippen LogP contribution is -2.49. The summed E-state index contributed by atoms with van der Waals surface area (Å²) in [5.74, 6) is 0.442. The summed E-state index contributed by atoms with van der Waals surface area (Å²) in [6.45, 7) is 1.66. The van der Waals surface area contributed by atoms with Gasteiger partial charge in [0, 0.05) is 0 Å². The molecule has 0 bridgehead atoms. The molecule has 4 N–H and O–H groups in total. The molecule has 0 saturated heterocycles. The van der Waals surface area contributed by atoms with Crippen LogP contribution >= 0.6 is 11.8 Å². The third-order valence-corrected chi connectivity index (χ3v) is 2.00. The van der Waals surface area contributed by atoms with Gasteiger partial charge in [-0.25, -0.2) is 0 Å². The molecule has 0 saturated carbocycles. The SMILES string of the molecule is CSCC[C@](C)(N)C(N)=O. The van der Waals surface area contributed by atoms with E-state index in [9.17, 15) is 4.79 Å². The summed E-state index contributed by atoms with van der Waals surface area (Å²) in [6, 6.07) is 0. The molecular weight excluding hydrogens is 148 g/mol. The van der Waals surface area contributed by atoms with Gasteiger partial charge in [-0.3, -0.25) is 4.79 Å². The maximum Gasteiger partial charge on any atom is 0.237 e. The highest BCUT2D eigenvalue weighted by Gasteiger charge is 2.24. The molecule has 0 unspecified atom stereocenters. The molecule has 0 heterocycles. The molecule has 1 atom stereocenters. The number of hydrogen-bond donors (Lipinski definition) is 2. The molecule has 0 aliphatic heterocycles. The number of thioether (sulfide) groups is 1. The Labute approximate surface area is 65.5 Å². The molecule has 0 rings (SSSR count). The van der Waals surface area contributed by atoms with Gasteiger partial charge in [0.05, 0.1) is 5.54 Å². The van der Waals surface area contributed by atoms with Crippen molar-refractivity contribution < 1.29 is 4.79 Å². The minimum absolute atomic E-state index is 0.429. The van der Waals surface area contributed by atoms with Crippen LogP contribution < -0.4 is 11.5 Å². The van der Waals surface area contributed by atoms with Gasteiger partial charge in [0.2, 0.25) is 5.91 Å². The maximum atomic E-state index is 10.6. The fourth-order valence-corrected chi connectivity index (χ4v) is 1.07. The first-order chi connectivity index (χ1) is 4.50. The molecule has 0 spiro atoms. The van der Waals surface area contributed by atoms with Gasteiger partial charge in [-0.2, -0.15) is 11.8 Å². The van der Waals surface area contributed by atoms with E-state index in [1.807, 2.05) is 6.26 Å². The molecule has 0 radical (unpaired) electrons. The van der Waals surface area contributed by atoms with Gasteiger partial charge in [0.25, 0.3) is 0 Å². The van der Waals surface area contributed by atoms with E-state index in [0.29, 0.717) is 6.42 Å². The Kier molecular flexibility index (Phi) is 3.75. The normalized spacial score (nSPS) is 16.3. The first-order valence-corrected chi connectivity index (χ1v) is 4.48. The third-order valence-electron chi connectivity index (χ3n) is 1.39. The average molecular weight is 162 g/mol. The fourth-order valence-electron chi connectivity index (χ4n) is 0.437. The van der Waals surface area contributed by atoms with Crippen LogP contribution in [-0.4, -0.2) is 23.5 Å². The molecule has 0 aromatic carbocycles. The molecule has 1 amide bonds. The first-order valence-electron chi connectivity index (χ1n) is 3.08. The van der Waals surface area contributed by atoms with Crippen LogP contribution in [0.3, 0.4) is 0 Å². The predicted molar refractivity (Wildman–Crippen MR) is 44.8 cm³/mol. The molecule has 4 heteroatoms. The van der Waals surface area contributed by atoms with Crippen LogP contribution in [0.4, 0.5) is 0 Å². The highest BCUT2D eigenvalue weighted by Crippen LogP contribution is 2.08. The zero-order chi connectivity index (χ0) is 8.20. The fraction of sp³-hybridized carbons (Fsp3) is 0.833. The van der Waals surface area contributed by atoms with E-state index in [4.69, 9.17) is 11.5 Å². The van der Waals surface area contributed by atoms with Crippen molar-refractivity contribution in [2.24, 2.45) is 11.5 Å². The summed E-state index contributed by atoms with van der Waals surface area (Å²) < 4.78 is 0. The van der Waals surface area contributed by atoms with Crippen LogP contribution in [0.2, 0.25) is 0 Å². The maximum absolute atomic E-state index is 10.6. The average Bonchev–Trinajstić information content (AvgIpc) is 1.84. The summed E-state index contributed by atoms with van der Waals surface area (Å²) in [5, 5.41) is 0. The smallest absolute Gasteiger partial charge is 0.237 e. The second kappa shape index (κ2) is 3.83. The molecule has 0 aliphatic rings. The van der Waals surface area contributed by atoms with Crippen LogP contribution in [-0.2, 0) is 4.79 Å². The van der Waals surface area contributed by atoms with Crippen LogP contribution in [0.15, 0.2) is 0 Å². The highest BCUT2D eigenvalue weighted by molar-refractivity contribution is 7.98. The summed E-state index contributed by atoms with van der Waals surface area (Å²) in [6.07, 6.45) is 2.61. The van der Waals surface area contributed by atoms with Crippen LogP contribution in [0, 0.1) is 0 Å². The van der Waals surface area contributed by atoms with Crippen molar-refractivity contribution in [1.82, 2.24) is 0 Å². The summed E-state index contributed by atoms with van der Waals surface area (Å²) in [5.41, 5.74) is 9.77. The van der Waals surface area contributed by atoms with Crippen molar-refractivity contribution in [1.29, 1.82) is 0 Å². The molecular formula is C6H14N2OS. The number of amides is 1. The topological polar surface area (TPSA) is 69.1 Å². The van der Waals surface area contributed by atoms with Gasteiger partial charge in [-0.1, -0.05) is 0 Å².